The Bertz CT molecular complexity index is 471. The summed E-state index contributed by atoms with van der Waals surface area (Å²) in [5.41, 5.74) is 0. The minimum atomic E-state index is 0.0916. The fraction of sp³-hybridized carbons (Fsp3) is 0.667. The van der Waals surface area contributed by atoms with Crippen molar-refractivity contribution in [2.75, 3.05) is 19.0 Å². The molecule has 1 fully saturated rings. The first-order valence-electron chi connectivity index (χ1n) is 7.43. The number of pyridine rings is 1. The Morgan fingerprint density at radius 2 is 2.05 bits per heavy atom. The number of hydrogen-bond donors (Lipinski definition) is 1. The van der Waals surface area contributed by atoms with E-state index in [2.05, 4.69) is 17.2 Å². The summed E-state index contributed by atoms with van der Waals surface area (Å²) in [5, 5.41) is 4.14. The molecule has 0 bridgehead atoms. The van der Waals surface area contributed by atoms with E-state index in [0.29, 0.717) is 21.7 Å². The Morgan fingerprint density at radius 3 is 2.76 bits per heavy atom. The number of hydrogen-bond acceptors (Lipinski definition) is 4. The lowest BCUT2D eigenvalue weighted by Gasteiger charge is -2.28. The third kappa shape index (κ3) is 4.63. The van der Waals surface area contributed by atoms with Gasteiger partial charge < -0.3 is 14.8 Å². The fourth-order valence-electron chi connectivity index (χ4n) is 2.48. The Kier molecular flexibility index (Phi) is 6.40. The van der Waals surface area contributed by atoms with Gasteiger partial charge in [0.05, 0.1) is 11.1 Å². The Balaban J connectivity index is 2.07. The summed E-state index contributed by atoms with van der Waals surface area (Å²) >= 11 is 12.3. The van der Waals surface area contributed by atoms with Crippen molar-refractivity contribution < 1.29 is 9.47 Å². The molecule has 1 saturated carbocycles. The molecule has 2 rings (SSSR count). The van der Waals surface area contributed by atoms with Crippen LogP contribution in [0.25, 0.3) is 0 Å². The highest BCUT2D eigenvalue weighted by Gasteiger charge is 2.24. The molecule has 2 atom stereocenters. The zero-order valence-corrected chi connectivity index (χ0v) is 14.0. The molecule has 4 nitrogen and oxygen atoms in total. The molecule has 0 aliphatic heterocycles. The van der Waals surface area contributed by atoms with Gasteiger partial charge in [-0.05, 0) is 31.7 Å². The Morgan fingerprint density at radius 1 is 1.29 bits per heavy atom. The summed E-state index contributed by atoms with van der Waals surface area (Å²) in [6.45, 7) is 2.89. The highest BCUT2D eigenvalue weighted by molar-refractivity contribution is 6.36. The maximum atomic E-state index is 6.19. The van der Waals surface area contributed by atoms with E-state index >= 15 is 0 Å². The molecule has 0 aromatic carbocycles. The van der Waals surface area contributed by atoms with Crippen LogP contribution < -0.4 is 10.1 Å². The molecule has 1 aromatic rings. The van der Waals surface area contributed by atoms with Crippen LogP contribution in [-0.4, -0.2) is 30.8 Å². The van der Waals surface area contributed by atoms with Crippen molar-refractivity contribution in [3.63, 3.8) is 0 Å². The van der Waals surface area contributed by atoms with Crippen molar-refractivity contribution in [2.24, 2.45) is 0 Å². The molecule has 2 unspecified atom stereocenters. The van der Waals surface area contributed by atoms with Gasteiger partial charge in [-0.15, -0.1) is 0 Å². The Labute approximate surface area is 136 Å². The predicted molar refractivity (Wildman–Crippen MR) is 86.7 cm³/mol. The summed E-state index contributed by atoms with van der Waals surface area (Å²) in [6.07, 6.45) is 5.39. The van der Waals surface area contributed by atoms with Gasteiger partial charge in [-0.3, -0.25) is 0 Å². The molecule has 1 aliphatic rings. The fourth-order valence-corrected chi connectivity index (χ4v) is 2.95. The number of anilines is 1. The second-order valence-corrected chi connectivity index (χ2v) is 6.11. The highest BCUT2D eigenvalue weighted by atomic mass is 35.5. The molecule has 1 aliphatic carbocycles. The zero-order valence-electron chi connectivity index (χ0n) is 12.5. The highest BCUT2D eigenvalue weighted by Crippen LogP contribution is 2.33. The number of nitrogens with zero attached hydrogens (tertiary/aromatic N) is 1. The van der Waals surface area contributed by atoms with Gasteiger partial charge in [0.15, 0.2) is 0 Å². The van der Waals surface area contributed by atoms with Crippen LogP contribution in [0.15, 0.2) is 6.07 Å². The molecular weight excluding hydrogens is 311 g/mol. The lowest BCUT2D eigenvalue weighted by Crippen LogP contribution is -2.29. The smallest absolute Gasteiger partial charge is 0.234 e. The van der Waals surface area contributed by atoms with E-state index in [9.17, 15) is 0 Å². The van der Waals surface area contributed by atoms with E-state index in [1.54, 1.807) is 13.2 Å². The molecule has 0 amide bonds. The van der Waals surface area contributed by atoms with Crippen molar-refractivity contribution in [1.29, 1.82) is 0 Å². The van der Waals surface area contributed by atoms with E-state index in [1.807, 2.05) is 0 Å². The van der Waals surface area contributed by atoms with Crippen LogP contribution in [0.4, 0.5) is 5.82 Å². The summed E-state index contributed by atoms with van der Waals surface area (Å²) < 4.78 is 11.4. The van der Waals surface area contributed by atoms with E-state index in [-0.39, 0.29) is 12.2 Å². The van der Waals surface area contributed by atoms with Gasteiger partial charge in [-0.1, -0.05) is 30.1 Å². The molecule has 6 heteroatoms. The SMILES string of the molecule is CCCNc1nc(OC2CCCC(OC)C2)c(Cl)cc1Cl. The van der Waals surface area contributed by atoms with Gasteiger partial charge in [0.25, 0.3) is 0 Å². The maximum Gasteiger partial charge on any atom is 0.234 e. The number of aromatic nitrogens is 1. The summed E-state index contributed by atoms with van der Waals surface area (Å²) in [7, 11) is 1.74. The monoisotopic (exact) mass is 332 g/mol. The summed E-state index contributed by atoms with van der Waals surface area (Å²) in [6, 6.07) is 1.68. The van der Waals surface area contributed by atoms with E-state index in [4.69, 9.17) is 32.7 Å². The molecule has 1 N–H and O–H groups in total. The van der Waals surface area contributed by atoms with Crippen LogP contribution in [0.1, 0.15) is 39.0 Å². The number of nitrogens with one attached hydrogen (secondary N) is 1. The molecule has 1 heterocycles. The van der Waals surface area contributed by atoms with Crippen LogP contribution in [0.2, 0.25) is 10.0 Å². The Hall–Kier alpha value is -0.710. The average Bonchev–Trinajstić information content (AvgIpc) is 2.49. The van der Waals surface area contributed by atoms with Gasteiger partial charge in [0, 0.05) is 20.1 Å². The lowest BCUT2D eigenvalue weighted by atomic mass is 9.95. The van der Waals surface area contributed by atoms with Gasteiger partial charge in [-0.25, -0.2) is 0 Å². The molecular formula is C15H22Cl2N2O2. The number of ether oxygens (including phenoxy) is 2. The van der Waals surface area contributed by atoms with Gasteiger partial charge in [0.2, 0.25) is 5.88 Å². The van der Waals surface area contributed by atoms with Gasteiger partial charge in [-0.2, -0.15) is 4.98 Å². The van der Waals surface area contributed by atoms with Crippen molar-refractivity contribution in [1.82, 2.24) is 4.98 Å². The summed E-state index contributed by atoms with van der Waals surface area (Å²) in [4.78, 5) is 4.42. The average molecular weight is 333 g/mol. The van der Waals surface area contributed by atoms with E-state index in [1.165, 1.54) is 0 Å². The lowest BCUT2D eigenvalue weighted by molar-refractivity contribution is 0.0196. The van der Waals surface area contributed by atoms with E-state index in [0.717, 1.165) is 38.6 Å². The van der Waals surface area contributed by atoms with Gasteiger partial charge in [0.1, 0.15) is 16.9 Å². The van der Waals surface area contributed by atoms with E-state index < -0.39 is 0 Å². The first-order valence-corrected chi connectivity index (χ1v) is 8.19. The standard InChI is InChI=1S/C15H22Cl2N2O2/c1-3-7-18-14-12(16)9-13(17)15(19-14)21-11-6-4-5-10(8-11)20-2/h9-11H,3-8H2,1-2H3,(H,18,19). The molecule has 0 saturated heterocycles. The summed E-state index contributed by atoms with van der Waals surface area (Å²) in [5.74, 6) is 1.07. The van der Waals surface area contributed by atoms with Crippen LogP contribution in [0.3, 0.4) is 0 Å². The van der Waals surface area contributed by atoms with Crippen LogP contribution in [0.5, 0.6) is 5.88 Å². The van der Waals surface area contributed by atoms with Crippen molar-refractivity contribution >= 4 is 29.0 Å². The number of rotatable bonds is 6. The minimum Gasteiger partial charge on any atom is -0.473 e. The second-order valence-electron chi connectivity index (χ2n) is 5.30. The third-order valence-electron chi connectivity index (χ3n) is 3.63. The second kappa shape index (κ2) is 8.06. The first-order chi connectivity index (χ1) is 10.1. The van der Waals surface area contributed by atoms with Crippen LogP contribution in [0, 0.1) is 0 Å². The van der Waals surface area contributed by atoms with Crippen molar-refractivity contribution in [2.45, 2.75) is 51.2 Å². The first kappa shape index (κ1) is 16.7. The van der Waals surface area contributed by atoms with Crippen molar-refractivity contribution in [3.05, 3.63) is 16.1 Å². The molecule has 1 aromatic heterocycles. The molecule has 0 spiro atoms. The van der Waals surface area contributed by atoms with Gasteiger partial charge >= 0.3 is 0 Å². The number of methoxy groups -OCH3 is 1. The van der Waals surface area contributed by atoms with Crippen molar-refractivity contribution in [3.8, 4) is 5.88 Å². The van der Waals surface area contributed by atoms with Crippen LogP contribution in [-0.2, 0) is 4.74 Å². The normalized spacial score (nSPS) is 22.1. The number of halogens is 2. The third-order valence-corrected chi connectivity index (χ3v) is 4.19. The quantitative estimate of drug-likeness (QED) is 0.830. The topological polar surface area (TPSA) is 43.4 Å². The zero-order chi connectivity index (χ0) is 15.2. The maximum absolute atomic E-state index is 6.19. The van der Waals surface area contributed by atoms with Crippen LogP contribution >= 0.6 is 23.2 Å². The largest absolute Gasteiger partial charge is 0.473 e. The predicted octanol–water partition coefficient (Wildman–Crippen LogP) is 4.55. The molecule has 21 heavy (non-hydrogen) atoms. The minimum absolute atomic E-state index is 0.0916. The molecule has 118 valence electrons. The molecule has 0 radical (unpaired) electrons.